The van der Waals surface area contributed by atoms with Crippen LogP contribution in [0.5, 0.6) is 0 Å². The smallest absolute Gasteiger partial charge is 0.219 e. The van der Waals surface area contributed by atoms with Gasteiger partial charge in [0.05, 0.1) is 19.2 Å². The van der Waals surface area contributed by atoms with Crippen molar-refractivity contribution in [2.24, 2.45) is 10.7 Å². The maximum atomic E-state index is 12.2. The molecule has 0 bridgehead atoms. The zero-order valence-corrected chi connectivity index (χ0v) is 19.6. The number of carbonyl (C=O) groups is 1. The summed E-state index contributed by atoms with van der Waals surface area (Å²) in [7, 11) is 1.67. The molecule has 0 spiro atoms. The van der Waals surface area contributed by atoms with Gasteiger partial charge in [-0.2, -0.15) is 10.4 Å². The lowest BCUT2D eigenvalue weighted by Gasteiger charge is -2.28. The molecule has 1 atom stereocenters. The quantitative estimate of drug-likeness (QED) is 0.555. The number of amides is 1. The van der Waals surface area contributed by atoms with Crippen LogP contribution in [0.4, 0.5) is 11.5 Å². The van der Waals surface area contributed by atoms with Crippen LogP contribution in [0.1, 0.15) is 41.8 Å². The number of nitriles is 1. The topological polar surface area (TPSA) is 113 Å². The molecular weight excluding hydrogens is 430 g/mol. The molecule has 1 fully saturated rings. The van der Waals surface area contributed by atoms with Gasteiger partial charge >= 0.3 is 0 Å². The van der Waals surface area contributed by atoms with Crippen LogP contribution in [-0.2, 0) is 28.9 Å². The van der Waals surface area contributed by atoms with Crippen molar-refractivity contribution in [2.45, 2.75) is 38.8 Å². The molecule has 1 unspecified atom stereocenters. The number of fused-ring (bicyclic) bond motifs is 2. The maximum absolute atomic E-state index is 12.2. The Morgan fingerprint density at radius 1 is 1.35 bits per heavy atom. The fourth-order valence-corrected chi connectivity index (χ4v) is 5.21. The van der Waals surface area contributed by atoms with Crippen molar-refractivity contribution in [1.29, 1.82) is 5.26 Å². The summed E-state index contributed by atoms with van der Waals surface area (Å²) in [5.74, 6) is 1.02. The summed E-state index contributed by atoms with van der Waals surface area (Å²) in [6, 6.07) is 8.41. The minimum atomic E-state index is 0.0898. The van der Waals surface area contributed by atoms with Crippen LogP contribution in [-0.4, -0.2) is 60.2 Å². The highest BCUT2D eigenvalue weighted by molar-refractivity contribution is 6.11. The van der Waals surface area contributed by atoms with Crippen LogP contribution in [0, 0.1) is 11.3 Å². The summed E-state index contributed by atoms with van der Waals surface area (Å²) in [4.78, 5) is 20.4. The molecule has 2 N–H and O–H groups in total. The average molecular weight is 460 g/mol. The van der Waals surface area contributed by atoms with Gasteiger partial charge in [-0.25, -0.2) is 0 Å². The first kappa shape index (κ1) is 22.2. The van der Waals surface area contributed by atoms with Gasteiger partial charge in [0.1, 0.15) is 11.8 Å². The molecule has 176 valence electrons. The average Bonchev–Trinajstić information content (AvgIpc) is 3.59. The Kier molecular flexibility index (Phi) is 5.84. The highest BCUT2D eigenvalue weighted by atomic mass is 16.5. The van der Waals surface area contributed by atoms with Crippen LogP contribution in [0.25, 0.3) is 5.57 Å². The first-order valence-electron chi connectivity index (χ1n) is 11.7. The molecule has 1 aromatic heterocycles. The number of carbonyl (C=O) groups excluding carboxylic acids is 1. The van der Waals surface area contributed by atoms with E-state index in [2.05, 4.69) is 26.7 Å². The Morgan fingerprint density at radius 3 is 2.91 bits per heavy atom. The zero-order chi connectivity index (χ0) is 23.8. The highest BCUT2D eigenvalue weighted by Gasteiger charge is 2.34. The van der Waals surface area contributed by atoms with Crippen molar-refractivity contribution < 1.29 is 9.53 Å². The molecule has 9 heteroatoms. The first-order valence-corrected chi connectivity index (χ1v) is 11.7. The molecule has 0 saturated carbocycles. The van der Waals surface area contributed by atoms with Crippen molar-refractivity contribution in [3.8, 4) is 6.07 Å². The number of rotatable bonds is 4. The zero-order valence-electron chi connectivity index (χ0n) is 19.6. The van der Waals surface area contributed by atoms with Crippen LogP contribution >= 0.6 is 0 Å². The van der Waals surface area contributed by atoms with E-state index in [-0.39, 0.29) is 17.6 Å². The number of ether oxygens (including phenoxy) is 1. The number of nitrogens with zero attached hydrogens (tertiary/aromatic N) is 6. The van der Waals surface area contributed by atoms with Crippen molar-refractivity contribution in [1.82, 2.24) is 14.7 Å². The lowest BCUT2D eigenvalue weighted by Crippen LogP contribution is -2.35. The van der Waals surface area contributed by atoms with Gasteiger partial charge in [0.25, 0.3) is 0 Å². The normalized spacial score (nSPS) is 20.3. The van der Waals surface area contributed by atoms with Crippen LogP contribution in [0.2, 0.25) is 0 Å². The SMILES string of the molecule is CN=CC(=C(N)C#N)c1ccc2c(c1)CCN2c1nn(C2CCOC2)c2c1CN(C(C)=O)CC2. The fraction of sp³-hybridized carbons (Fsp3) is 0.440. The van der Waals surface area contributed by atoms with Crippen molar-refractivity contribution in [3.05, 3.63) is 46.3 Å². The van der Waals surface area contributed by atoms with Gasteiger partial charge in [-0.15, -0.1) is 0 Å². The van der Waals surface area contributed by atoms with Crippen LogP contribution in [0.15, 0.2) is 28.9 Å². The second-order valence-electron chi connectivity index (χ2n) is 8.97. The maximum Gasteiger partial charge on any atom is 0.219 e. The van der Waals surface area contributed by atoms with Gasteiger partial charge in [-0.1, -0.05) is 6.07 Å². The largest absolute Gasteiger partial charge is 0.390 e. The molecule has 1 amide bonds. The minimum absolute atomic E-state index is 0.0898. The summed E-state index contributed by atoms with van der Waals surface area (Å²) in [6.45, 7) is 5.17. The predicted octanol–water partition coefficient (Wildman–Crippen LogP) is 2.34. The molecule has 3 aliphatic rings. The van der Waals surface area contributed by atoms with E-state index in [1.807, 2.05) is 17.0 Å². The lowest BCUT2D eigenvalue weighted by molar-refractivity contribution is -0.129. The van der Waals surface area contributed by atoms with E-state index in [0.717, 1.165) is 61.6 Å². The molecular formula is C25H29N7O2. The number of hydrogen-bond donors (Lipinski definition) is 1. The summed E-state index contributed by atoms with van der Waals surface area (Å²) in [6.07, 6.45) is 4.25. The second kappa shape index (κ2) is 8.95. The van der Waals surface area contributed by atoms with E-state index in [1.165, 1.54) is 11.3 Å². The summed E-state index contributed by atoms with van der Waals surface area (Å²) in [5.41, 5.74) is 12.2. The van der Waals surface area contributed by atoms with E-state index >= 15 is 0 Å². The predicted molar refractivity (Wildman–Crippen MR) is 130 cm³/mol. The number of aliphatic imine (C=N–C) groups is 1. The molecule has 1 aromatic carbocycles. The third-order valence-corrected chi connectivity index (χ3v) is 6.97. The minimum Gasteiger partial charge on any atom is -0.390 e. The standard InChI is InChI=1S/C25H29N7O2/c1-16(33)30-8-6-24-21(14-30)25(29-32(24)19-7-10-34-15-19)31-9-5-18-11-17(3-4-23(18)31)20(13-28-2)22(27)12-26/h3-4,11,13,19H,5-10,14-15,27H2,1-2H3. The Bertz CT molecular complexity index is 1230. The molecule has 4 heterocycles. The monoisotopic (exact) mass is 459 g/mol. The molecule has 2 aromatic rings. The van der Waals surface area contributed by atoms with Crippen molar-refractivity contribution >= 4 is 29.2 Å². The molecule has 9 nitrogen and oxygen atoms in total. The molecule has 34 heavy (non-hydrogen) atoms. The molecule has 5 rings (SSSR count). The third-order valence-electron chi connectivity index (χ3n) is 6.97. The van der Waals surface area contributed by atoms with E-state index in [1.54, 1.807) is 20.2 Å². The first-order chi connectivity index (χ1) is 16.5. The number of allylic oxidation sites excluding steroid dienone is 2. The number of anilines is 2. The van der Waals surface area contributed by atoms with E-state index in [9.17, 15) is 10.1 Å². The van der Waals surface area contributed by atoms with Gasteiger partial charge in [0.2, 0.25) is 5.91 Å². The molecule has 1 saturated heterocycles. The Labute approximate surface area is 199 Å². The van der Waals surface area contributed by atoms with E-state index in [0.29, 0.717) is 18.7 Å². The Balaban J connectivity index is 1.55. The molecule has 0 aliphatic carbocycles. The Morgan fingerprint density at radius 2 is 2.21 bits per heavy atom. The summed E-state index contributed by atoms with van der Waals surface area (Å²) in [5, 5.41) is 14.4. The molecule has 3 aliphatic heterocycles. The van der Waals surface area contributed by atoms with Crippen molar-refractivity contribution in [2.75, 3.05) is 38.3 Å². The number of aromatic nitrogens is 2. The van der Waals surface area contributed by atoms with Crippen molar-refractivity contribution in [3.63, 3.8) is 0 Å². The second-order valence-corrected chi connectivity index (χ2v) is 8.97. The highest BCUT2D eigenvalue weighted by Crippen LogP contribution is 2.40. The number of hydrogen-bond acceptors (Lipinski definition) is 7. The van der Waals surface area contributed by atoms with Gasteiger partial charge in [-0.05, 0) is 36.1 Å². The lowest BCUT2D eigenvalue weighted by atomic mass is 10.0. The van der Waals surface area contributed by atoms with Gasteiger partial charge in [0.15, 0.2) is 5.82 Å². The number of nitrogens with two attached hydrogens (primary N) is 1. The van der Waals surface area contributed by atoms with Gasteiger partial charge < -0.3 is 20.3 Å². The summed E-state index contributed by atoms with van der Waals surface area (Å²) >= 11 is 0. The van der Waals surface area contributed by atoms with E-state index in [4.69, 9.17) is 15.6 Å². The Hall–Kier alpha value is -3.64. The van der Waals surface area contributed by atoms with E-state index < -0.39 is 0 Å². The van der Waals surface area contributed by atoms with Gasteiger partial charge in [-0.3, -0.25) is 14.5 Å². The fourth-order valence-electron chi connectivity index (χ4n) is 5.21. The van der Waals surface area contributed by atoms with Gasteiger partial charge in [0, 0.05) is 68.8 Å². The van der Waals surface area contributed by atoms with Crippen LogP contribution < -0.4 is 10.6 Å². The third kappa shape index (κ3) is 3.74. The number of benzene rings is 1. The summed E-state index contributed by atoms with van der Waals surface area (Å²) < 4.78 is 7.81. The molecule has 0 radical (unpaired) electrons. The van der Waals surface area contributed by atoms with Crippen LogP contribution in [0.3, 0.4) is 0 Å².